The van der Waals surface area contributed by atoms with Crippen molar-refractivity contribution in [2.75, 3.05) is 13.7 Å². The van der Waals surface area contributed by atoms with Crippen molar-refractivity contribution < 1.29 is 4.74 Å². The van der Waals surface area contributed by atoms with Gasteiger partial charge in [0.1, 0.15) is 0 Å². The van der Waals surface area contributed by atoms with Gasteiger partial charge in [0.15, 0.2) is 0 Å². The molecular formula is C29H33N3O. The Kier molecular flexibility index (Phi) is 6.19. The van der Waals surface area contributed by atoms with E-state index in [1.807, 2.05) is 0 Å². The maximum atomic E-state index is 5.68. The van der Waals surface area contributed by atoms with E-state index in [0.717, 1.165) is 48.4 Å². The minimum absolute atomic E-state index is 0.459. The van der Waals surface area contributed by atoms with E-state index in [0.29, 0.717) is 11.9 Å². The lowest BCUT2D eigenvalue weighted by Gasteiger charge is -2.16. The zero-order chi connectivity index (χ0) is 22.8. The highest BCUT2D eigenvalue weighted by molar-refractivity contribution is 5.79. The summed E-state index contributed by atoms with van der Waals surface area (Å²) in [6.45, 7) is 7.87. The maximum absolute atomic E-state index is 5.68. The Balaban J connectivity index is 1.39. The second kappa shape index (κ2) is 9.40. The summed E-state index contributed by atoms with van der Waals surface area (Å²) in [5.41, 5.74) is 11.3. The van der Waals surface area contributed by atoms with Crippen molar-refractivity contribution in [3.8, 4) is 28.3 Å². The molecule has 0 saturated carbocycles. The van der Waals surface area contributed by atoms with Gasteiger partial charge in [0.25, 0.3) is 0 Å². The van der Waals surface area contributed by atoms with Gasteiger partial charge in [0, 0.05) is 36.0 Å². The predicted octanol–water partition coefficient (Wildman–Crippen LogP) is 5.58. The molecule has 0 amide bonds. The van der Waals surface area contributed by atoms with Crippen molar-refractivity contribution in [3.05, 3.63) is 83.1 Å². The summed E-state index contributed by atoms with van der Waals surface area (Å²) in [6.07, 6.45) is 5.83. The first-order chi connectivity index (χ1) is 16.1. The van der Waals surface area contributed by atoms with Crippen LogP contribution in [0.3, 0.4) is 0 Å². The number of pyridine rings is 1. The molecule has 1 aliphatic carbocycles. The number of nitrogens with zero attached hydrogens (tertiary/aromatic N) is 1. The number of aryl methyl sites for hydroxylation is 1. The molecule has 5 rings (SSSR count). The van der Waals surface area contributed by atoms with Crippen molar-refractivity contribution >= 4 is 0 Å². The Labute approximate surface area is 197 Å². The van der Waals surface area contributed by atoms with E-state index in [-0.39, 0.29) is 0 Å². The number of rotatable bonds is 7. The van der Waals surface area contributed by atoms with Gasteiger partial charge in [-0.2, -0.15) is 0 Å². The number of benzene rings is 2. The fourth-order valence-electron chi connectivity index (χ4n) is 5.32. The highest BCUT2D eigenvalue weighted by Gasteiger charge is 2.19. The number of methoxy groups -OCH3 is 1. The molecule has 4 heteroatoms. The zero-order valence-corrected chi connectivity index (χ0v) is 19.7. The number of hydrogen-bond donors (Lipinski definition) is 2. The summed E-state index contributed by atoms with van der Waals surface area (Å²) in [5, 5.41) is 6.98. The minimum Gasteiger partial charge on any atom is -0.481 e. The normalized spacial score (nSPS) is 17.2. The van der Waals surface area contributed by atoms with Gasteiger partial charge in [-0.1, -0.05) is 49.0 Å². The Morgan fingerprint density at radius 1 is 1.03 bits per heavy atom. The van der Waals surface area contributed by atoms with E-state index in [1.54, 1.807) is 7.11 Å². The van der Waals surface area contributed by atoms with Crippen LogP contribution in [-0.4, -0.2) is 24.7 Å². The van der Waals surface area contributed by atoms with Crippen molar-refractivity contribution in [1.82, 2.24) is 15.6 Å². The average Bonchev–Trinajstić information content (AvgIpc) is 3.48. The predicted molar refractivity (Wildman–Crippen MR) is 135 cm³/mol. The van der Waals surface area contributed by atoms with E-state index in [1.165, 1.54) is 47.1 Å². The Morgan fingerprint density at radius 2 is 1.85 bits per heavy atom. The minimum atomic E-state index is 0.459. The second-order valence-electron chi connectivity index (χ2n) is 9.25. The van der Waals surface area contributed by atoms with E-state index in [9.17, 15) is 0 Å². The molecule has 1 aliphatic heterocycles. The summed E-state index contributed by atoms with van der Waals surface area (Å²) < 4.78 is 5.68. The van der Waals surface area contributed by atoms with Crippen molar-refractivity contribution in [2.24, 2.45) is 0 Å². The smallest absolute Gasteiger partial charge is 0.218 e. The third-order valence-electron chi connectivity index (χ3n) is 7.09. The van der Waals surface area contributed by atoms with E-state index in [2.05, 4.69) is 72.7 Å². The summed E-state index contributed by atoms with van der Waals surface area (Å²) in [7, 11) is 1.70. The van der Waals surface area contributed by atoms with Gasteiger partial charge in [0.2, 0.25) is 5.88 Å². The fraction of sp³-hybridized carbons (Fsp3) is 0.345. The van der Waals surface area contributed by atoms with Gasteiger partial charge in [-0.3, -0.25) is 0 Å². The highest BCUT2D eigenvalue weighted by Crippen LogP contribution is 2.37. The summed E-state index contributed by atoms with van der Waals surface area (Å²) >= 11 is 0. The topological polar surface area (TPSA) is 46.2 Å². The van der Waals surface area contributed by atoms with Gasteiger partial charge in [0.05, 0.1) is 12.8 Å². The number of allylic oxidation sites excluding steroid dienone is 1. The Bertz CT molecular complexity index is 1180. The van der Waals surface area contributed by atoms with Crippen LogP contribution < -0.4 is 15.4 Å². The SMILES string of the molecule is C=C1CCC(CNCc2ccc(-c3cccc(-c4cccc5c4CCC5)c3C)nc2OC)N1. The molecule has 1 fully saturated rings. The summed E-state index contributed by atoms with van der Waals surface area (Å²) in [4.78, 5) is 4.90. The molecule has 2 N–H and O–H groups in total. The van der Waals surface area contributed by atoms with Gasteiger partial charge in [-0.15, -0.1) is 0 Å². The number of ether oxygens (including phenoxy) is 1. The molecular weight excluding hydrogens is 406 g/mol. The third kappa shape index (κ3) is 4.40. The van der Waals surface area contributed by atoms with Crippen LogP contribution in [-0.2, 0) is 19.4 Å². The number of aromatic nitrogens is 1. The standard InChI is InChI=1S/C29H33N3O/c1-19-13-15-23(31-19)18-30-17-22-14-16-28(32-29(22)33-3)25-10-6-9-24(20(25)2)27-12-5-8-21-7-4-11-26(21)27/h5-6,8-10,12,14,16,23,30-31H,1,4,7,11,13,15,17-18H2,2-3H3. The molecule has 4 nitrogen and oxygen atoms in total. The van der Waals surface area contributed by atoms with Crippen LogP contribution in [0.4, 0.5) is 0 Å². The quantitative estimate of drug-likeness (QED) is 0.505. The lowest BCUT2D eigenvalue weighted by molar-refractivity contribution is 0.390. The van der Waals surface area contributed by atoms with E-state index < -0.39 is 0 Å². The van der Waals surface area contributed by atoms with Crippen molar-refractivity contribution in [2.45, 2.75) is 51.6 Å². The van der Waals surface area contributed by atoms with Gasteiger partial charge >= 0.3 is 0 Å². The average molecular weight is 440 g/mol. The third-order valence-corrected chi connectivity index (χ3v) is 7.09. The number of hydrogen-bond acceptors (Lipinski definition) is 4. The Hall–Kier alpha value is -3.11. The first kappa shape index (κ1) is 21.7. The Morgan fingerprint density at radius 3 is 2.67 bits per heavy atom. The molecule has 1 aromatic heterocycles. The van der Waals surface area contributed by atoms with Gasteiger partial charge in [-0.05, 0) is 72.9 Å². The van der Waals surface area contributed by atoms with Gasteiger partial charge in [-0.25, -0.2) is 4.98 Å². The molecule has 33 heavy (non-hydrogen) atoms. The lowest BCUT2D eigenvalue weighted by atomic mass is 9.90. The maximum Gasteiger partial charge on any atom is 0.218 e. The highest BCUT2D eigenvalue weighted by atomic mass is 16.5. The molecule has 1 saturated heterocycles. The number of nitrogens with one attached hydrogen (secondary N) is 2. The van der Waals surface area contributed by atoms with Crippen LogP contribution >= 0.6 is 0 Å². The molecule has 0 spiro atoms. The molecule has 3 aromatic rings. The lowest BCUT2D eigenvalue weighted by Crippen LogP contribution is -2.33. The fourth-order valence-corrected chi connectivity index (χ4v) is 5.32. The van der Waals surface area contributed by atoms with Crippen LogP contribution in [0, 0.1) is 6.92 Å². The van der Waals surface area contributed by atoms with Crippen molar-refractivity contribution in [3.63, 3.8) is 0 Å². The van der Waals surface area contributed by atoms with E-state index in [4.69, 9.17) is 9.72 Å². The largest absolute Gasteiger partial charge is 0.481 e. The van der Waals surface area contributed by atoms with Crippen LogP contribution in [0.1, 0.15) is 41.5 Å². The molecule has 0 radical (unpaired) electrons. The molecule has 2 heterocycles. The number of fused-ring (bicyclic) bond motifs is 1. The molecule has 2 aliphatic rings. The van der Waals surface area contributed by atoms with Crippen LogP contribution in [0.2, 0.25) is 0 Å². The molecule has 1 unspecified atom stereocenters. The first-order valence-electron chi connectivity index (χ1n) is 12.0. The molecule has 1 atom stereocenters. The second-order valence-corrected chi connectivity index (χ2v) is 9.25. The van der Waals surface area contributed by atoms with E-state index >= 15 is 0 Å². The van der Waals surface area contributed by atoms with Crippen LogP contribution in [0.15, 0.2) is 60.8 Å². The molecule has 2 aromatic carbocycles. The summed E-state index contributed by atoms with van der Waals surface area (Å²) in [5.74, 6) is 0.689. The first-order valence-corrected chi connectivity index (χ1v) is 12.0. The van der Waals surface area contributed by atoms with Crippen LogP contribution in [0.25, 0.3) is 22.4 Å². The van der Waals surface area contributed by atoms with Gasteiger partial charge < -0.3 is 15.4 Å². The summed E-state index contributed by atoms with van der Waals surface area (Å²) in [6, 6.07) is 18.0. The van der Waals surface area contributed by atoms with Crippen molar-refractivity contribution in [1.29, 1.82) is 0 Å². The molecule has 170 valence electrons. The molecule has 0 bridgehead atoms. The monoisotopic (exact) mass is 439 g/mol. The van der Waals surface area contributed by atoms with Crippen LogP contribution in [0.5, 0.6) is 5.88 Å². The zero-order valence-electron chi connectivity index (χ0n) is 19.7.